The Balaban J connectivity index is 1.42. The molecule has 1 fully saturated rings. The molecule has 3 aromatic carbocycles. The standard InChI is InChI=1S/C31H30F2N2O3/c32-27-17-25(18-28(33)30(27)35-15-13-22(19-36)14-16-35)26-11-12-29(37-20-23-7-3-1-4-8-23)34-31(26)38-21-24-9-5-2-6-10-24/h1-12,17-18,22,36H,13-16,19-21H2. The molecule has 1 aromatic heterocycles. The number of benzene rings is 3. The number of hydrogen-bond acceptors (Lipinski definition) is 5. The highest BCUT2D eigenvalue weighted by Gasteiger charge is 2.25. The van der Waals surface area contributed by atoms with Crippen molar-refractivity contribution in [3.63, 3.8) is 0 Å². The van der Waals surface area contributed by atoms with Crippen molar-refractivity contribution in [2.75, 3.05) is 24.6 Å². The molecule has 38 heavy (non-hydrogen) atoms. The lowest BCUT2D eigenvalue weighted by Crippen LogP contribution is -2.35. The number of rotatable bonds is 9. The van der Waals surface area contributed by atoms with E-state index >= 15 is 8.78 Å². The van der Waals surface area contributed by atoms with Gasteiger partial charge < -0.3 is 19.5 Å². The van der Waals surface area contributed by atoms with E-state index < -0.39 is 11.6 Å². The van der Waals surface area contributed by atoms with Crippen LogP contribution in [0.5, 0.6) is 11.8 Å². The molecule has 1 aliphatic rings. The van der Waals surface area contributed by atoms with E-state index in [9.17, 15) is 5.11 Å². The highest BCUT2D eigenvalue weighted by atomic mass is 19.1. The molecule has 0 radical (unpaired) electrons. The number of aliphatic hydroxyl groups excluding tert-OH is 1. The Bertz CT molecular complexity index is 1320. The van der Waals surface area contributed by atoms with Crippen LogP contribution in [0.15, 0.2) is 84.9 Å². The highest BCUT2D eigenvalue weighted by molar-refractivity contribution is 5.72. The number of aromatic nitrogens is 1. The van der Waals surface area contributed by atoms with E-state index in [1.54, 1.807) is 17.0 Å². The van der Waals surface area contributed by atoms with Gasteiger partial charge in [-0.05, 0) is 53.6 Å². The van der Waals surface area contributed by atoms with Crippen LogP contribution in [0.1, 0.15) is 24.0 Å². The van der Waals surface area contributed by atoms with Crippen molar-refractivity contribution in [2.45, 2.75) is 26.1 Å². The second-order valence-electron chi connectivity index (χ2n) is 9.45. The summed E-state index contributed by atoms with van der Waals surface area (Å²) >= 11 is 0. The molecule has 4 aromatic rings. The van der Waals surface area contributed by atoms with Gasteiger partial charge >= 0.3 is 0 Å². The summed E-state index contributed by atoms with van der Waals surface area (Å²) in [6, 6.07) is 25.4. The lowest BCUT2D eigenvalue weighted by molar-refractivity contribution is 0.202. The zero-order chi connectivity index (χ0) is 26.3. The van der Waals surface area contributed by atoms with Crippen LogP contribution in [-0.2, 0) is 13.2 Å². The first kappa shape index (κ1) is 25.7. The molecule has 1 saturated heterocycles. The van der Waals surface area contributed by atoms with Crippen molar-refractivity contribution in [3.05, 3.63) is 108 Å². The second kappa shape index (κ2) is 12.0. The molecular formula is C31H30F2N2O3. The van der Waals surface area contributed by atoms with Crippen LogP contribution in [-0.4, -0.2) is 29.8 Å². The summed E-state index contributed by atoms with van der Waals surface area (Å²) < 4.78 is 42.6. The average molecular weight is 517 g/mol. The molecule has 196 valence electrons. The van der Waals surface area contributed by atoms with E-state index in [1.807, 2.05) is 60.7 Å². The molecule has 0 aliphatic carbocycles. The van der Waals surface area contributed by atoms with Crippen molar-refractivity contribution in [3.8, 4) is 22.9 Å². The lowest BCUT2D eigenvalue weighted by atomic mass is 9.97. The molecule has 1 N–H and O–H groups in total. The van der Waals surface area contributed by atoms with Gasteiger partial charge in [0.25, 0.3) is 0 Å². The number of pyridine rings is 1. The number of aliphatic hydroxyl groups is 1. The number of anilines is 1. The topological polar surface area (TPSA) is 54.8 Å². The highest BCUT2D eigenvalue weighted by Crippen LogP contribution is 2.36. The monoisotopic (exact) mass is 516 g/mol. The molecule has 5 nitrogen and oxygen atoms in total. The number of halogens is 2. The summed E-state index contributed by atoms with van der Waals surface area (Å²) in [6.07, 6.45) is 1.39. The van der Waals surface area contributed by atoms with E-state index in [1.165, 1.54) is 12.1 Å². The third kappa shape index (κ3) is 6.11. The molecule has 2 heterocycles. The fraction of sp³-hybridized carbons (Fsp3) is 0.258. The Labute approximate surface area is 221 Å². The summed E-state index contributed by atoms with van der Waals surface area (Å²) in [5.74, 6) is -0.518. The first-order valence-corrected chi connectivity index (χ1v) is 12.8. The van der Waals surface area contributed by atoms with Gasteiger partial charge in [-0.1, -0.05) is 60.7 Å². The zero-order valence-electron chi connectivity index (χ0n) is 21.0. The molecular weight excluding hydrogens is 486 g/mol. The van der Waals surface area contributed by atoms with Crippen molar-refractivity contribution >= 4 is 5.69 Å². The van der Waals surface area contributed by atoms with Gasteiger partial charge in [-0.25, -0.2) is 8.78 Å². The van der Waals surface area contributed by atoms with E-state index in [0.29, 0.717) is 49.5 Å². The molecule has 1 aliphatic heterocycles. The minimum Gasteiger partial charge on any atom is -0.473 e. The lowest BCUT2D eigenvalue weighted by Gasteiger charge is -2.33. The second-order valence-corrected chi connectivity index (χ2v) is 9.45. The predicted octanol–water partition coefficient (Wildman–Crippen LogP) is 6.39. The van der Waals surface area contributed by atoms with Gasteiger partial charge in [0.05, 0.1) is 0 Å². The number of ether oxygens (including phenoxy) is 2. The van der Waals surface area contributed by atoms with E-state index in [2.05, 4.69) is 4.98 Å². The van der Waals surface area contributed by atoms with E-state index in [4.69, 9.17) is 9.47 Å². The Hall–Kier alpha value is -3.97. The summed E-state index contributed by atoms with van der Waals surface area (Å²) in [7, 11) is 0. The summed E-state index contributed by atoms with van der Waals surface area (Å²) in [5, 5.41) is 9.38. The Morgan fingerprint density at radius 1 is 0.789 bits per heavy atom. The summed E-state index contributed by atoms with van der Waals surface area (Å²) in [4.78, 5) is 6.26. The Morgan fingerprint density at radius 3 is 1.95 bits per heavy atom. The smallest absolute Gasteiger partial charge is 0.225 e. The molecule has 0 bridgehead atoms. The Kier molecular flexibility index (Phi) is 8.14. The maximum absolute atomic E-state index is 15.3. The fourth-order valence-corrected chi connectivity index (χ4v) is 4.65. The van der Waals surface area contributed by atoms with Gasteiger partial charge in [0.1, 0.15) is 30.5 Å². The van der Waals surface area contributed by atoms with Crippen molar-refractivity contribution < 1.29 is 23.4 Å². The molecule has 5 rings (SSSR count). The van der Waals surface area contributed by atoms with Gasteiger partial charge in [-0.2, -0.15) is 4.98 Å². The van der Waals surface area contributed by atoms with Gasteiger partial charge in [-0.15, -0.1) is 0 Å². The largest absolute Gasteiger partial charge is 0.473 e. The molecule has 0 atom stereocenters. The van der Waals surface area contributed by atoms with Gasteiger partial charge in [0, 0.05) is 31.3 Å². The van der Waals surface area contributed by atoms with Crippen LogP contribution >= 0.6 is 0 Å². The number of nitrogens with zero attached hydrogens (tertiary/aromatic N) is 2. The first-order chi connectivity index (χ1) is 18.6. The number of hydrogen-bond donors (Lipinski definition) is 1. The van der Waals surface area contributed by atoms with Gasteiger partial charge in [0.2, 0.25) is 11.8 Å². The third-order valence-electron chi connectivity index (χ3n) is 6.80. The SMILES string of the molecule is OCC1CCN(c2c(F)cc(-c3ccc(OCc4ccccc4)nc3OCc3ccccc3)cc2F)CC1. The minimum atomic E-state index is -0.638. The molecule has 0 spiro atoms. The normalized spacial score (nSPS) is 13.9. The van der Waals surface area contributed by atoms with Crippen LogP contribution in [0.4, 0.5) is 14.5 Å². The molecule has 0 amide bonds. The third-order valence-corrected chi connectivity index (χ3v) is 6.80. The maximum Gasteiger partial charge on any atom is 0.225 e. The minimum absolute atomic E-state index is 0.0346. The predicted molar refractivity (Wildman–Crippen MR) is 143 cm³/mol. The van der Waals surface area contributed by atoms with Crippen LogP contribution in [0.3, 0.4) is 0 Å². The van der Waals surface area contributed by atoms with Crippen molar-refractivity contribution in [1.29, 1.82) is 0 Å². The van der Waals surface area contributed by atoms with Crippen molar-refractivity contribution in [2.24, 2.45) is 5.92 Å². The molecule has 0 saturated carbocycles. The average Bonchev–Trinajstić information content (AvgIpc) is 2.96. The zero-order valence-corrected chi connectivity index (χ0v) is 21.0. The molecule has 7 heteroatoms. The van der Waals surface area contributed by atoms with Crippen LogP contribution in [0, 0.1) is 17.6 Å². The van der Waals surface area contributed by atoms with Crippen LogP contribution in [0.25, 0.3) is 11.1 Å². The van der Waals surface area contributed by atoms with Gasteiger partial charge in [0.15, 0.2) is 0 Å². The van der Waals surface area contributed by atoms with Crippen LogP contribution < -0.4 is 14.4 Å². The molecule has 0 unspecified atom stereocenters. The maximum atomic E-state index is 15.3. The summed E-state index contributed by atoms with van der Waals surface area (Å²) in [5.41, 5.74) is 2.70. The summed E-state index contributed by atoms with van der Waals surface area (Å²) in [6.45, 7) is 1.67. The first-order valence-electron chi connectivity index (χ1n) is 12.8. The van der Waals surface area contributed by atoms with Gasteiger partial charge in [-0.3, -0.25) is 0 Å². The van der Waals surface area contributed by atoms with Crippen molar-refractivity contribution in [1.82, 2.24) is 4.98 Å². The quantitative estimate of drug-likeness (QED) is 0.279. The number of piperidine rings is 1. The Morgan fingerprint density at radius 2 is 1.37 bits per heavy atom. The fourth-order valence-electron chi connectivity index (χ4n) is 4.65. The van der Waals surface area contributed by atoms with E-state index in [0.717, 1.165) is 11.1 Å². The van der Waals surface area contributed by atoms with E-state index in [-0.39, 0.29) is 30.7 Å². The van der Waals surface area contributed by atoms with Crippen LogP contribution in [0.2, 0.25) is 0 Å².